The lowest BCUT2D eigenvalue weighted by Gasteiger charge is -2.14. The number of hydrogen-bond acceptors (Lipinski definition) is 5. The molecule has 0 fully saturated rings. The molecule has 0 bridgehead atoms. The zero-order chi connectivity index (χ0) is 15.1. The molecule has 1 atom stereocenters. The van der Waals surface area contributed by atoms with Crippen LogP contribution < -0.4 is 16.0 Å². The highest BCUT2D eigenvalue weighted by molar-refractivity contribution is 7.18. The standard InChI is InChI=1S/C14H22N4OS/c1-5-8-10(7-3)16-13(19)11-12(15)17-14(20-11)18(4)9-6-2/h1,10H,6-9,15H2,2-4H3,(H,16,19). The Labute approximate surface area is 124 Å². The van der Waals surface area contributed by atoms with Gasteiger partial charge in [-0.2, -0.15) is 0 Å². The normalized spacial score (nSPS) is 11.7. The molecule has 1 unspecified atom stereocenters. The van der Waals surface area contributed by atoms with Gasteiger partial charge in [-0.3, -0.25) is 4.79 Å². The minimum atomic E-state index is -0.196. The maximum Gasteiger partial charge on any atom is 0.265 e. The second-order valence-corrected chi connectivity index (χ2v) is 5.60. The van der Waals surface area contributed by atoms with Crippen molar-refractivity contribution < 1.29 is 4.79 Å². The van der Waals surface area contributed by atoms with Crippen molar-refractivity contribution in [2.45, 2.75) is 39.2 Å². The lowest BCUT2D eigenvalue weighted by Crippen LogP contribution is -2.34. The van der Waals surface area contributed by atoms with Gasteiger partial charge in [0.25, 0.3) is 5.91 Å². The van der Waals surface area contributed by atoms with Gasteiger partial charge >= 0.3 is 0 Å². The summed E-state index contributed by atoms with van der Waals surface area (Å²) in [7, 11) is 1.94. The predicted octanol–water partition coefficient (Wildman–Crippen LogP) is 2.10. The number of aromatic nitrogens is 1. The molecule has 0 radical (unpaired) electrons. The summed E-state index contributed by atoms with van der Waals surface area (Å²) in [4.78, 5) is 18.9. The number of nitrogens with zero attached hydrogens (tertiary/aromatic N) is 2. The molecular weight excluding hydrogens is 272 g/mol. The van der Waals surface area contributed by atoms with Gasteiger partial charge < -0.3 is 16.0 Å². The fraction of sp³-hybridized carbons (Fsp3) is 0.571. The second kappa shape index (κ2) is 7.75. The molecule has 0 saturated carbocycles. The zero-order valence-electron chi connectivity index (χ0n) is 12.3. The molecule has 0 aliphatic rings. The fourth-order valence-corrected chi connectivity index (χ4v) is 2.64. The smallest absolute Gasteiger partial charge is 0.265 e. The summed E-state index contributed by atoms with van der Waals surface area (Å²) in [6, 6.07) is -0.0224. The maximum atomic E-state index is 12.2. The van der Waals surface area contributed by atoms with Crippen molar-refractivity contribution in [3.8, 4) is 12.3 Å². The Morgan fingerprint density at radius 3 is 2.85 bits per heavy atom. The van der Waals surface area contributed by atoms with Gasteiger partial charge in [0.15, 0.2) is 5.13 Å². The van der Waals surface area contributed by atoms with Crippen LogP contribution in [-0.4, -0.2) is 30.5 Å². The van der Waals surface area contributed by atoms with Crippen LogP contribution >= 0.6 is 11.3 Å². The summed E-state index contributed by atoms with van der Waals surface area (Å²) < 4.78 is 0. The Morgan fingerprint density at radius 1 is 1.60 bits per heavy atom. The van der Waals surface area contributed by atoms with E-state index in [9.17, 15) is 4.79 Å². The summed E-state index contributed by atoms with van der Waals surface area (Å²) in [6.45, 7) is 4.95. The number of carbonyl (C=O) groups is 1. The number of carbonyl (C=O) groups excluding carboxylic acids is 1. The summed E-state index contributed by atoms with van der Waals surface area (Å²) >= 11 is 1.31. The highest BCUT2D eigenvalue weighted by atomic mass is 32.1. The Kier molecular flexibility index (Phi) is 6.32. The number of rotatable bonds is 7. The lowest BCUT2D eigenvalue weighted by atomic mass is 10.1. The van der Waals surface area contributed by atoms with E-state index in [-0.39, 0.29) is 17.8 Å². The number of nitrogens with one attached hydrogen (secondary N) is 1. The van der Waals surface area contributed by atoms with E-state index in [4.69, 9.17) is 12.2 Å². The van der Waals surface area contributed by atoms with Gasteiger partial charge in [-0.1, -0.05) is 25.2 Å². The van der Waals surface area contributed by atoms with Crippen molar-refractivity contribution in [2.75, 3.05) is 24.2 Å². The topological polar surface area (TPSA) is 71.2 Å². The van der Waals surface area contributed by atoms with Crippen LogP contribution in [-0.2, 0) is 0 Å². The third-order valence-electron chi connectivity index (χ3n) is 2.93. The molecule has 0 aromatic carbocycles. The molecular formula is C14H22N4OS. The molecule has 0 saturated heterocycles. The van der Waals surface area contributed by atoms with Crippen molar-refractivity contribution >= 4 is 28.2 Å². The predicted molar refractivity (Wildman–Crippen MR) is 85.1 cm³/mol. The van der Waals surface area contributed by atoms with Crippen LogP contribution in [0, 0.1) is 12.3 Å². The summed E-state index contributed by atoms with van der Waals surface area (Å²) in [5, 5.41) is 3.66. The van der Waals surface area contributed by atoms with Gasteiger partial charge in [0.1, 0.15) is 10.7 Å². The Morgan fingerprint density at radius 2 is 2.30 bits per heavy atom. The summed E-state index contributed by atoms with van der Waals surface area (Å²) in [5.74, 6) is 2.65. The molecule has 0 aliphatic carbocycles. The van der Waals surface area contributed by atoms with Crippen LogP contribution in [0.4, 0.5) is 10.9 Å². The van der Waals surface area contributed by atoms with Gasteiger partial charge in [0.05, 0.1) is 0 Å². The molecule has 1 rings (SSSR count). The number of nitrogen functional groups attached to an aromatic ring is 1. The minimum absolute atomic E-state index is 0.0224. The SMILES string of the molecule is C#CCC(CC)NC(=O)c1sc(N(C)CCC)nc1N. The monoisotopic (exact) mass is 294 g/mol. The number of anilines is 2. The van der Waals surface area contributed by atoms with E-state index in [0.29, 0.717) is 11.3 Å². The first kappa shape index (κ1) is 16.3. The molecule has 110 valence electrons. The van der Waals surface area contributed by atoms with Crippen LogP contribution in [0.5, 0.6) is 0 Å². The summed E-state index contributed by atoms with van der Waals surface area (Å²) in [5.41, 5.74) is 5.84. The molecule has 5 nitrogen and oxygen atoms in total. The lowest BCUT2D eigenvalue weighted by molar-refractivity contribution is 0.0941. The first-order valence-electron chi connectivity index (χ1n) is 6.75. The first-order valence-corrected chi connectivity index (χ1v) is 7.56. The molecule has 20 heavy (non-hydrogen) atoms. The van der Waals surface area contributed by atoms with Crippen molar-refractivity contribution in [3.63, 3.8) is 0 Å². The molecule has 3 N–H and O–H groups in total. The van der Waals surface area contributed by atoms with Crippen LogP contribution in [0.3, 0.4) is 0 Å². The molecule has 1 amide bonds. The Hall–Kier alpha value is -1.74. The van der Waals surface area contributed by atoms with E-state index in [0.717, 1.165) is 24.5 Å². The summed E-state index contributed by atoms with van der Waals surface area (Å²) in [6.07, 6.45) is 7.60. The fourth-order valence-electron chi connectivity index (χ4n) is 1.77. The minimum Gasteiger partial charge on any atom is -0.382 e. The van der Waals surface area contributed by atoms with Crippen molar-refractivity contribution in [1.29, 1.82) is 0 Å². The van der Waals surface area contributed by atoms with E-state index in [2.05, 4.69) is 23.1 Å². The van der Waals surface area contributed by atoms with Crippen LogP contribution in [0.15, 0.2) is 0 Å². The largest absolute Gasteiger partial charge is 0.382 e. The number of amides is 1. The van der Waals surface area contributed by atoms with Crippen molar-refractivity contribution in [2.24, 2.45) is 0 Å². The van der Waals surface area contributed by atoms with Crippen LogP contribution in [0.25, 0.3) is 0 Å². The number of hydrogen-bond donors (Lipinski definition) is 2. The van der Waals surface area contributed by atoms with E-state index in [1.165, 1.54) is 11.3 Å². The molecule has 0 aliphatic heterocycles. The average molecular weight is 294 g/mol. The van der Waals surface area contributed by atoms with E-state index in [1.54, 1.807) is 0 Å². The van der Waals surface area contributed by atoms with E-state index < -0.39 is 0 Å². The van der Waals surface area contributed by atoms with Crippen molar-refractivity contribution in [3.05, 3.63) is 4.88 Å². The molecule has 1 aromatic rings. The van der Waals surface area contributed by atoms with Gasteiger partial charge in [0, 0.05) is 26.1 Å². The second-order valence-electron chi connectivity index (χ2n) is 4.62. The number of nitrogens with two attached hydrogens (primary N) is 1. The quantitative estimate of drug-likeness (QED) is 0.756. The number of thiazole rings is 1. The Balaban J connectivity index is 2.81. The van der Waals surface area contributed by atoms with Crippen LogP contribution in [0.1, 0.15) is 42.8 Å². The van der Waals surface area contributed by atoms with Gasteiger partial charge in [-0.25, -0.2) is 4.98 Å². The molecule has 1 heterocycles. The van der Waals surface area contributed by atoms with Gasteiger partial charge in [0.2, 0.25) is 0 Å². The zero-order valence-corrected chi connectivity index (χ0v) is 13.1. The van der Waals surface area contributed by atoms with Crippen LogP contribution in [0.2, 0.25) is 0 Å². The molecule has 0 spiro atoms. The third-order valence-corrected chi connectivity index (χ3v) is 4.11. The Bertz CT molecular complexity index is 492. The third kappa shape index (κ3) is 4.14. The first-order chi connectivity index (χ1) is 9.53. The molecule has 6 heteroatoms. The average Bonchev–Trinajstić information content (AvgIpc) is 2.80. The number of terminal acetylenes is 1. The molecule has 1 aromatic heterocycles. The van der Waals surface area contributed by atoms with E-state index >= 15 is 0 Å². The highest BCUT2D eigenvalue weighted by Crippen LogP contribution is 2.27. The van der Waals surface area contributed by atoms with Gasteiger partial charge in [-0.15, -0.1) is 12.3 Å². The maximum absolute atomic E-state index is 12.2. The van der Waals surface area contributed by atoms with Gasteiger partial charge in [-0.05, 0) is 12.8 Å². The van der Waals surface area contributed by atoms with E-state index in [1.807, 2.05) is 18.9 Å². The highest BCUT2D eigenvalue weighted by Gasteiger charge is 2.19. The van der Waals surface area contributed by atoms with Crippen molar-refractivity contribution in [1.82, 2.24) is 10.3 Å².